The summed E-state index contributed by atoms with van der Waals surface area (Å²) < 4.78 is 10.1. The third-order valence-corrected chi connectivity index (χ3v) is 2.88. The van der Waals surface area contributed by atoms with Gasteiger partial charge in [-0.1, -0.05) is 30.3 Å². The Labute approximate surface area is 119 Å². The van der Waals surface area contributed by atoms with E-state index < -0.39 is 17.4 Å². The van der Waals surface area contributed by atoms with Gasteiger partial charge in [-0.2, -0.15) is 0 Å². The van der Waals surface area contributed by atoms with E-state index in [4.69, 9.17) is 15.9 Å². The molecule has 0 aromatic heterocycles. The third-order valence-electron chi connectivity index (χ3n) is 2.88. The summed E-state index contributed by atoms with van der Waals surface area (Å²) in [6, 6.07) is 8.61. The molecule has 0 bridgehead atoms. The topological polar surface area (TPSA) is 52.6 Å². The van der Waals surface area contributed by atoms with Gasteiger partial charge in [-0.15, -0.1) is 12.3 Å². The van der Waals surface area contributed by atoms with Crippen LogP contribution in [0.3, 0.4) is 0 Å². The first kappa shape index (κ1) is 15.8. The van der Waals surface area contributed by atoms with Crippen molar-refractivity contribution in [3.05, 3.63) is 35.9 Å². The predicted octanol–water partition coefficient (Wildman–Crippen LogP) is 2.07. The molecule has 0 aliphatic heterocycles. The molecule has 0 atom stereocenters. The molecular weight excluding hydrogens is 256 g/mol. The van der Waals surface area contributed by atoms with Crippen LogP contribution < -0.4 is 0 Å². The van der Waals surface area contributed by atoms with E-state index in [0.717, 1.165) is 0 Å². The molecule has 1 aromatic rings. The first-order chi connectivity index (χ1) is 9.63. The van der Waals surface area contributed by atoms with Gasteiger partial charge in [0.15, 0.2) is 0 Å². The first-order valence-corrected chi connectivity index (χ1v) is 6.46. The van der Waals surface area contributed by atoms with Crippen molar-refractivity contribution >= 4 is 11.9 Å². The van der Waals surface area contributed by atoms with Crippen molar-refractivity contribution in [2.24, 2.45) is 0 Å². The Kier molecular flexibility index (Phi) is 5.79. The monoisotopic (exact) mass is 274 g/mol. The summed E-state index contributed by atoms with van der Waals surface area (Å²) in [5.41, 5.74) is -1.11. The number of ether oxygens (including phenoxy) is 2. The molecule has 0 radical (unpaired) electrons. The fraction of sp³-hybridized carbons (Fsp3) is 0.375. The number of carbonyl (C=O) groups excluding carboxylic acids is 2. The van der Waals surface area contributed by atoms with Crippen LogP contribution in [0.4, 0.5) is 0 Å². The molecule has 4 heteroatoms. The normalized spacial score (nSPS) is 10.4. The Morgan fingerprint density at radius 2 is 1.60 bits per heavy atom. The lowest BCUT2D eigenvalue weighted by atomic mass is 9.77. The van der Waals surface area contributed by atoms with E-state index in [1.807, 2.05) is 0 Å². The molecule has 1 rings (SSSR count). The molecule has 0 saturated carbocycles. The minimum Gasteiger partial charge on any atom is -0.465 e. The molecule has 4 nitrogen and oxygen atoms in total. The summed E-state index contributed by atoms with van der Waals surface area (Å²) in [7, 11) is 0. The SMILES string of the molecule is C#CCC(C(=O)OCC)(C(=O)OCC)c1ccccc1. The standard InChI is InChI=1S/C16H18O4/c1-4-12-16(14(17)19-5-2,15(18)20-6-3)13-10-8-7-9-11-13/h1,7-11H,5-6,12H2,2-3H3. The van der Waals surface area contributed by atoms with Gasteiger partial charge < -0.3 is 9.47 Å². The molecule has 0 fully saturated rings. The minimum atomic E-state index is -1.60. The summed E-state index contributed by atoms with van der Waals surface area (Å²) in [4.78, 5) is 24.7. The highest BCUT2D eigenvalue weighted by Crippen LogP contribution is 2.31. The highest BCUT2D eigenvalue weighted by Gasteiger charge is 2.50. The Morgan fingerprint density at radius 1 is 1.10 bits per heavy atom. The molecule has 0 amide bonds. The van der Waals surface area contributed by atoms with Gasteiger partial charge in [-0.3, -0.25) is 9.59 Å². The van der Waals surface area contributed by atoms with Crippen molar-refractivity contribution in [2.75, 3.05) is 13.2 Å². The van der Waals surface area contributed by atoms with Gasteiger partial charge in [0.25, 0.3) is 0 Å². The second-order valence-electron chi connectivity index (χ2n) is 4.09. The number of rotatable bonds is 6. The van der Waals surface area contributed by atoms with E-state index in [9.17, 15) is 9.59 Å². The van der Waals surface area contributed by atoms with Gasteiger partial charge in [0.2, 0.25) is 5.41 Å². The fourth-order valence-corrected chi connectivity index (χ4v) is 1.95. The summed E-state index contributed by atoms with van der Waals surface area (Å²) in [6.45, 7) is 3.68. The quantitative estimate of drug-likeness (QED) is 0.453. The van der Waals surface area contributed by atoms with E-state index in [-0.39, 0.29) is 19.6 Å². The van der Waals surface area contributed by atoms with E-state index in [0.29, 0.717) is 5.56 Å². The van der Waals surface area contributed by atoms with Crippen LogP contribution in [0.1, 0.15) is 25.8 Å². The van der Waals surface area contributed by atoms with Gasteiger partial charge in [0.1, 0.15) is 0 Å². The number of carbonyl (C=O) groups is 2. The smallest absolute Gasteiger partial charge is 0.329 e. The average molecular weight is 274 g/mol. The van der Waals surface area contributed by atoms with E-state index in [2.05, 4.69) is 5.92 Å². The lowest BCUT2D eigenvalue weighted by molar-refractivity contribution is -0.164. The maximum Gasteiger partial charge on any atom is 0.329 e. The molecule has 0 heterocycles. The second-order valence-corrected chi connectivity index (χ2v) is 4.09. The molecule has 0 aliphatic carbocycles. The maximum absolute atomic E-state index is 12.4. The molecule has 0 saturated heterocycles. The zero-order chi connectivity index (χ0) is 15.0. The molecule has 0 unspecified atom stereocenters. The average Bonchev–Trinajstić information content (AvgIpc) is 2.46. The van der Waals surface area contributed by atoms with Gasteiger partial charge in [-0.05, 0) is 19.4 Å². The van der Waals surface area contributed by atoms with Gasteiger partial charge in [0, 0.05) is 6.42 Å². The number of esters is 2. The summed E-state index contributed by atoms with van der Waals surface area (Å²) in [5, 5.41) is 0. The lowest BCUT2D eigenvalue weighted by Crippen LogP contribution is -2.46. The molecule has 106 valence electrons. The van der Waals surface area contributed by atoms with Crippen LogP contribution in [0.5, 0.6) is 0 Å². The number of hydrogen-bond donors (Lipinski definition) is 0. The van der Waals surface area contributed by atoms with E-state index in [1.165, 1.54) is 0 Å². The Morgan fingerprint density at radius 3 is 2.00 bits per heavy atom. The van der Waals surface area contributed by atoms with Crippen molar-refractivity contribution in [1.82, 2.24) is 0 Å². The van der Waals surface area contributed by atoms with Crippen molar-refractivity contribution in [3.63, 3.8) is 0 Å². The third kappa shape index (κ3) is 3.00. The van der Waals surface area contributed by atoms with Crippen LogP contribution in [0, 0.1) is 12.3 Å². The van der Waals surface area contributed by atoms with Crippen LogP contribution in [0.2, 0.25) is 0 Å². The van der Waals surface area contributed by atoms with Crippen LogP contribution in [-0.4, -0.2) is 25.2 Å². The molecule has 0 aliphatic rings. The minimum absolute atomic E-state index is 0.103. The molecule has 1 aromatic carbocycles. The zero-order valence-electron chi connectivity index (χ0n) is 11.7. The number of hydrogen-bond acceptors (Lipinski definition) is 4. The van der Waals surface area contributed by atoms with Crippen molar-refractivity contribution in [3.8, 4) is 12.3 Å². The van der Waals surface area contributed by atoms with E-state index >= 15 is 0 Å². The van der Waals surface area contributed by atoms with Crippen LogP contribution in [0.15, 0.2) is 30.3 Å². The zero-order valence-corrected chi connectivity index (χ0v) is 11.7. The highest BCUT2D eigenvalue weighted by molar-refractivity contribution is 6.06. The van der Waals surface area contributed by atoms with Crippen molar-refractivity contribution in [1.29, 1.82) is 0 Å². The number of benzene rings is 1. The van der Waals surface area contributed by atoms with Crippen LogP contribution in [0.25, 0.3) is 0 Å². The summed E-state index contributed by atoms with van der Waals surface area (Å²) >= 11 is 0. The van der Waals surface area contributed by atoms with Crippen LogP contribution in [-0.2, 0) is 24.5 Å². The first-order valence-electron chi connectivity index (χ1n) is 6.46. The molecule has 0 spiro atoms. The molecular formula is C16H18O4. The largest absolute Gasteiger partial charge is 0.465 e. The van der Waals surface area contributed by atoms with Gasteiger partial charge in [0.05, 0.1) is 13.2 Å². The number of terminal acetylenes is 1. The second kappa shape index (κ2) is 7.34. The van der Waals surface area contributed by atoms with E-state index in [1.54, 1.807) is 44.2 Å². The van der Waals surface area contributed by atoms with Crippen LogP contribution >= 0.6 is 0 Å². The Bertz CT molecular complexity index is 481. The lowest BCUT2D eigenvalue weighted by Gasteiger charge is -2.27. The van der Waals surface area contributed by atoms with Crippen molar-refractivity contribution < 1.29 is 19.1 Å². The fourth-order valence-electron chi connectivity index (χ4n) is 1.95. The van der Waals surface area contributed by atoms with Gasteiger partial charge >= 0.3 is 11.9 Å². The molecule has 20 heavy (non-hydrogen) atoms. The van der Waals surface area contributed by atoms with Gasteiger partial charge in [-0.25, -0.2) is 0 Å². The summed E-state index contributed by atoms with van der Waals surface area (Å²) in [6.07, 6.45) is 5.25. The maximum atomic E-state index is 12.4. The molecule has 0 N–H and O–H groups in total. The highest BCUT2D eigenvalue weighted by atomic mass is 16.6. The summed E-state index contributed by atoms with van der Waals surface area (Å²) in [5.74, 6) is 1.03. The van der Waals surface area contributed by atoms with Crippen molar-refractivity contribution in [2.45, 2.75) is 25.7 Å². The Hall–Kier alpha value is -2.28. The predicted molar refractivity (Wildman–Crippen MR) is 74.8 cm³/mol. The Balaban J connectivity index is 3.38.